The van der Waals surface area contributed by atoms with Crippen LogP contribution in [0.5, 0.6) is 0 Å². The summed E-state index contributed by atoms with van der Waals surface area (Å²) in [6.07, 6.45) is 6.06. The quantitative estimate of drug-likeness (QED) is 0.159. The molecule has 0 saturated carbocycles. The molecule has 1 fully saturated rings. The summed E-state index contributed by atoms with van der Waals surface area (Å²) in [5, 5.41) is 9.70. The van der Waals surface area contributed by atoms with E-state index in [1.165, 1.54) is 12.4 Å². The van der Waals surface area contributed by atoms with Crippen molar-refractivity contribution in [2.75, 3.05) is 20.1 Å². The Bertz CT molecular complexity index is 1710. The predicted molar refractivity (Wildman–Crippen MR) is 160 cm³/mol. The third-order valence-corrected chi connectivity index (χ3v) is 8.16. The second-order valence-corrected chi connectivity index (χ2v) is 11.0. The van der Waals surface area contributed by atoms with E-state index >= 15 is 0 Å². The van der Waals surface area contributed by atoms with E-state index in [2.05, 4.69) is 23.1 Å². The summed E-state index contributed by atoms with van der Waals surface area (Å²) < 4.78 is 24.2. The van der Waals surface area contributed by atoms with Crippen LogP contribution in [-0.4, -0.2) is 62.2 Å². The minimum absolute atomic E-state index is 0.0588. The Kier molecular flexibility index (Phi) is 8.90. The average molecular weight is 582 g/mol. The summed E-state index contributed by atoms with van der Waals surface area (Å²) in [5.74, 6) is -0.531. The molecule has 5 rings (SSSR count). The molecule has 9 nitrogen and oxygen atoms in total. The van der Waals surface area contributed by atoms with Gasteiger partial charge in [-0.2, -0.15) is 10.2 Å². The van der Waals surface area contributed by atoms with Crippen LogP contribution < -0.4 is 0 Å². The zero-order valence-electron chi connectivity index (χ0n) is 24.5. The van der Waals surface area contributed by atoms with Crippen LogP contribution in [0, 0.1) is 29.0 Å². The Labute approximate surface area is 249 Å². The van der Waals surface area contributed by atoms with Gasteiger partial charge >= 0.3 is 11.8 Å². The van der Waals surface area contributed by atoms with Crippen LogP contribution in [-0.2, 0) is 21.1 Å². The molecule has 4 aromatic rings. The van der Waals surface area contributed by atoms with E-state index in [9.17, 15) is 14.0 Å². The third-order valence-electron chi connectivity index (χ3n) is 8.16. The Morgan fingerprint density at radius 2 is 2.00 bits per heavy atom. The van der Waals surface area contributed by atoms with Crippen molar-refractivity contribution in [3.63, 3.8) is 0 Å². The number of nitrogens with zero attached hydrogens (tertiary/aromatic N) is 6. The van der Waals surface area contributed by atoms with Gasteiger partial charge in [0.15, 0.2) is 12.4 Å². The van der Waals surface area contributed by atoms with Crippen molar-refractivity contribution < 1.29 is 23.3 Å². The normalized spacial score (nSPS) is 17.8. The number of rotatable bonds is 8. The Morgan fingerprint density at radius 3 is 2.74 bits per heavy atom. The first-order valence-electron chi connectivity index (χ1n) is 14.3. The van der Waals surface area contributed by atoms with Crippen molar-refractivity contribution in [3.8, 4) is 17.2 Å². The van der Waals surface area contributed by atoms with Gasteiger partial charge in [-0.3, -0.25) is 14.2 Å². The SMILES string of the molecule is CC(C(=O)OCn1ccc2c(/[N+](C)=C\C3CN(C(=O)CC#N)CC[C@H]3C)ncnc21)c1ccc(-c2ccccc2)c(F)c1. The lowest BCUT2D eigenvalue weighted by Gasteiger charge is -2.34. The fourth-order valence-electron chi connectivity index (χ4n) is 5.48. The molecule has 1 aliphatic rings. The zero-order valence-corrected chi connectivity index (χ0v) is 24.5. The lowest BCUT2D eigenvalue weighted by molar-refractivity contribution is -0.405. The highest BCUT2D eigenvalue weighted by atomic mass is 19.1. The van der Waals surface area contributed by atoms with Crippen LogP contribution >= 0.6 is 0 Å². The van der Waals surface area contributed by atoms with Gasteiger partial charge in [0.05, 0.1) is 25.2 Å². The van der Waals surface area contributed by atoms with E-state index in [-0.39, 0.29) is 25.0 Å². The molecule has 2 aromatic heterocycles. The van der Waals surface area contributed by atoms with Crippen LogP contribution in [0.3, 0.4) is 0 Å². The molecule has 3 heterocycles. The molecule has 1 aliphatic heterocycles. The van der Waals surface area contributed by atoms with Gasteiger partial charge < -0.3 is 9.64 Å². The molecular formula is C33H34FN6O3+. The average Bonchev–Trinajstić information content (AvgIpc) is 3.44. The van der Waals surface area contributed by atoms with Gasteiger partial charge in [-0.05, 0) is 47.5 Å². The second kappa shape index (κ2) is 12.9. The minimum Gasteiger partial charge on any atom is -0.443 e. The highest BCUT2D eigenvalue weighted by Gasteiger charge is 2.30. The fraction of sp³-hybridized carbons (Fsp3) is 0.333. The van der Waals surface area contributed by atoms with Crippen LogP contribution in [0.4, 0.5) is 10.2 Å². The molecule has 0 aliphatic carbocycles. The summed E-state index contributed by atoms with van der Waals surface area (Å²) in [6, 6.07) is 17.9. The molecule has 1 saturated heterocycles. The van der Waals surface area contributed by atoms with Crippen LogP contribution in [0.2, 0.25) is 0 Å². The van der Waals surface area contributed by atoms with Gasteiger partial charge in [-0.25, -0.2) is 8.97 Å². The number of hydrogen-bond donors (Lipinski definition) is 0. The van der Waals surface area contributed by atoms with Crippen molar-refractivity contribution in [1.82, 2.24) is 19.4 Å². The predicted octanol–water partition coefficient (Wildman–Crippen LogP) is 5.28. The largest absolute Gasteiger partial charge is 0.443 e. The van der Waals surface area contributed by atoms with Crippen LogP contribution in [0.15, 0.2) is 67.1 Å². The van der Waals surface area contributed by atoms with Crippen molar-refractivity contribution >= 4 is 34.9 Å². The van der Waals surface area contributed by atoms with Crippen molar-refractivity contribution in [1.29, 1.82) is 5.26 Å². The monoisotopic (exact) mass is 581 g/mol. The van der Waals surface area contributed by atoms with E-state index in [1.807, 2.05) is 54.1 Å². The number of carbonyl (C=O) groups is 2. The van der Waals surface area contributed by atoms with E-state index < -0.39 is 17.7 Å². The molecule has 0 N–H and O–H groups in total. The number of fused-ring (bicyclic) bond motifs is 1. The summed E-state index contributed by atoms with van der Waals surface area (Å²) in [4.78, 5) is 35.9. The van der Waals surface area contributed by atoms with Gasteiger partial charge in [0, 0.05) is 30.8 Å². The van der Waals surface area contributed by atoms with Crippen molar-refractivity contribution in [2.45, 2.75) is 39.3 Å². The van der Waals surface area contributed by atoms with Crippen LogP contribution in [0.25, 0.3) is 22.2 Å². The first-order chi connectivity index (χ1) is 20.8. The van der Waals surface area contributed by atoms with Crippen molar-refractivity contribution in [2.24, 2.45) is 11.8 Å². The zero-order chi connectivity index (χ0) is 30.5. The number of carbonyl (C=O) groups excluding carboxylic acids is 2. The number of amides is 1. The topological polar surface area (TPSA) is 104 Å². The van der Waals surface area contributed by atoms with Crippen LogP contribution in [0.1, 0.15) is 38.2 Å². The number of aromatic nitrogens is 3. The first kappa shape index (κ1) is 29.6. The van der Waals surface area contributed by atoms with E-state index in [1.54, 1.807) is 34.7 Å². The number of ether oxygens (including phenoxy) is 1. The molecule has 3 atom stereocenters. The highest BCUT2D eigenvalue weighted by Crippen LogP contribution is 2.28. The summed E-state index contributed by atoms with van der Waals surface area (Å²) in [6.45, 7) is 5.00. The van der Waals surface area contributed by atoms with E-state index in [0.717, 1.165) is 17.4 Å². The molecule has 1 amide bonds. The van der Waals surface area contributed by atoms with Gasteiger partial charge in [0.1, 0.15) is 17.6 Å². The number of hydrogen-bond acceptors (Lipinski definition) is 6. The number of nitriles is 1. The maximum atomic E-state index is 14.9. The molecule has 0 spiro atoms. The molecule has 220 valence electrons. The molecular weight excluding hydrogens is 547 g/mol. The first-order valence-corrected chi connectivity index (χ1v) is 14.3. The maximum absolute atomic E-state index is 14.9. The summed E-state index contributed by atoms with van der Waals surface area (Å²) >= 11 is 0. The molecule has 2 aromatic carbocycles. The van der Waals surface area contributed by atoms with E-state index in [4.69, 9.17) is 10.00 Å². The maximum Gasteiger partial charge on any atom is 0.335 e. The fourth-order valence-corrected chi connectivity index (χ4v) is 5.48. The Morgan fingerprint density at radius 1 is 1.21 bits per heavy atom. The third kappa shape index (κ3) is 6.46. The number of halogens is 1. The Balaban J connectivity index is 1.28. The van der Waals surface area contributed by atoms with Gasteiger partial charge in [-0.1, -0.05) is 49.4 Å². The smallest absolute Gasteiger partial charge is 0.335 e. The summed E-state index contributed by atoms with van der Waals surface area (Å²) in [7, 11) is 1.91. The highest BCUT2D eigenvalue weighted by molar-refractivity contribution is 5.85. The number of esters is 1. The standard InChI is InChI=1S/C33H34FN6O3/c1-22-12-15-39(30(41)11-14-35)19-26(22)18-38(3)31-28-13-16-40(32(28)37-20-36-31)21-43-33(42)23(2)25-9-10-27(29(34)17-25)24-7-5-4-6-8-24/h4-10,13,16-18,20,22-23,26H,11-12,15,19,21H2,1-3H3/q+1/b38-18-/t22-,23?,26?/m1/s1. The van der Waals surface area contributed by atoms with Gasteiger partial charge in [0.2, 0.25) is 12.2 Å². The lowest BCUT2D eigenvalue weighted by Crippen LogP contribution is -2.44. The number of benzene rings is 2. The number of piperidine rings is 1. The number of likely N-dealkylation sites (tertiary alicyclic amines) is 1. The lowest BCUT2D eigenvalue weighted by atomic mass is 9.87. The van der Waals surface area contributed by atoms with Gasteiger partial charge in [-0.15, -0.1) is 0 Å². The molecule has 0 radical (unpaired) electrons. The molecule has 0 bridgehead atoms. The molecule has 2 unspecified atom stereocenters. The Hall–Kier alpha value is -4.91. The van der Waals surface area contributed by atoms with Gasteiger partial charge in [0.25, 0.3) is 0 Å². The van der Waals surface area contributed by atoms with E-state index in [0.29, 0.717) is 41.6 Å². The minimum atomic E-state index is -0.663. The second-order valence-electron chi connectivity index (χ2n) is 11.0. The molecule has 10 heteroatoms. The van der Waals surface area contributed by atoms with Crippen molar-refractivity contribution in [3.05, 3.63) is 78.5 Å². The summed E-state index contributed by atoms with van der Waals surface area (Å²) in [5.41, 5.74) is 2.38. The molecule has 43 heavy (non-hydrogen) atoms.